The summed E-state index contributed by atoms with van der Waals surface area (Å²) in [5.74, 6) is 1.84. The Balaban J connectivity index is 2.57. The van der Waals surface area contributed by atoms with Crippen LogP contribution in [0.1, 0.15) is 19.8 Å². The molecule has 1 aromatic rings. The molecule has 1 rings (SSSR count). The molecule has 0 fully saturated rings. The van der Waals surface area contributed by atoms with E-state index in [-0.39, 0.29) is 0 Å². The molecule has 1 aromatic carbocycles. The predicted molar refractivity (Wildman–Crippen MR) is 70.8 cm³/mol. The van der Waals surface area contributed by atoms with E-state index < -0.39 is 8.32 Å². The SMILES string of the molecule is CCCC[Si](C)(C)Oc1ccc(OC)cc1. The molecular weight excluding hydrogens is 216 g/mol. The lowest BCUT2D eigenvalue weighted by Gasteiger charge is -2.24. The maximum atomic E-state index is 6.09. The lowest BCUT2D eigenvalue weighted by atomic mass is 10.3. The van der Waals surface area contributed by atoms with Crippen molar-refractivity contribution in [1.29, 1.82) is 0 Å². The fourth-order valence-corrected chi connectivity index (χ4v) is 3.70. The molecule has 90 valence electrons. The molecule has 0 heterocycles. The Labute approximate surface area is 99.7 Å². The van der Waals surface area contributed by atoms with Crippen molar-refractivity contribution >= 4 is 8.32 Å². The lowest BCUT2D eigenvalue weighted by Crippen LogP contribution is -2.33. The monoisotopic (exact) mass is 238 g/mol. The molecule has 16 heavy (non-hydrogen) atoms. The molecule has 0 bridgehead atoms. The van der Waals surface area contributed by atoms with Crippen molar-refractivity contribution in [3.8, 4) is 11.5 Å². The summed E-state index contributed by atoms with van der Waals surface area (Å²) >= 11 is 0. The molecular formula is C13H22O2Si. The second-order valence-corrected chi connectivity index (χ2v) is 8.86. The van der Waals surface area contributed by atoms with E-state index in [0.717, 1.165) is 11.5 Å². The third-order valence-electron chi connectivity index (χ3n) is 2.59. The third-order valence-corrected chi connectivity index (χ3v) is 4.93. The van der Waals surface area contributed by atoms with Crippen LogP contribution in [0.25, 0.3) is 0 Å². The van der Waals surface area contributed by atoms with Crippen LogP contribution in [-0.4, -0.2) is 15.4 Å². The van der Waals surface area contributed by atoms with Crippen LogP contribution in [0.2, 0.25) is 19.1 Å². The smallest absolute Gasteiger partial charge is 0.245 e. The highest BCUT2D eigenvalue weighted by Gasteiger charge is 2.23. The van der Waals surface area contributed by atoms with Crippen LogP contribution >= 0.6 is 0 Å². The number of benzene rings is 1. The number of ether oxygens (including phenoxy) is 1. The van der Waals surface area contributed by atoms with E-state index in [2.05, 4.69) is 20.0 Å². The van der Waals surface area contributed by atoms with Gasteiger partial charge in [-0.25, -0.2) is 0 Å². The van der Waals surface area contributed by atoms with Crippen LogP contribution in [0.5, 0.6) is 11.5 Å². The van der Waals surface area contributed by atoms with Gasteiger partial charge in [-0.15, -0.1) is 0 Å². The highest BCUT2D eigenvalue weighted by Crippen LogP contribution is 2.23. The summed E-state index contributed by atoms with van der Waals surface area (Å²) < 4.78 is 11.2. The number of unbranched alkanes of at least 4 members (excludes halogenated alkanes) is 1. The summed E-state index contributed by atoms with van der Waals surface area (Å²) in [6.45, 7) is 6.76. The van der Waals surface area contributed by atoms with Crippen molar-refractivity contribution in [2.75, 3.05) is 7.11 Å². The molecule has 0 spiro atoms. The Morgan fingerprint density at radius 1 is 1.06 bits per heavy atom. The summed E-state index contributed by atoms with van der Waals surface area (Å²) in [6.07, 6.45) is 2.50. The minimum atomic E-state index is -1.53. The molecule has 0 saturated carbocycles. The van der Waals surface area contributed by atoms with E-state index in [0.29, 0.717) is 0 Å². The van der Waals surface area contributed by atoms with E-state index in [4.69, 9.17) is 9.16 Å². The standard InChI is InChI=1S/C13H22O2Si/c1-5-6-11-16(3,4)15-13-9-7-12(14-2)8-10-13/h7-10H,5-6,11H2,1-4H3. The molecule has 0 aliphatic rings. The second kappa shape index (κ2) is 5.94. The van der Waals surface area contributed by atoms with Gasteiger partial charge in [-0.3, -0.25) is 0 Å². The van der Waals surface area contributed by atoms with Crippen LogP contribution in [0, 0.1) is 0 Å². The van der Waals surface area contributed by atoms with Crippen molar-refractivity contribution in [2.45, 2.75) is 38.9 Å². The van der Waals surface area contributed by atoms with Gasteiger partial charge in [0, 0.05) is 0 Å². The number of hydrogen-bond donors (Lipinski definition) is 0. The fourth-order valence-electron chi connectivity index (χ4n) is 1.62. The molecule has 2 nitrogen and oxygen atoms in total. The van der Waals surface area contributed by atoms with Gasteiger partial charge >= 0.3 is 0 Å². The highest BCUT2D eigenvalue weighted by atomic mass is 28.4. The van der Waals surface area contributed by atoms with Crippen molar-refractivity contribution in [2.24, 2.45) is 0 Å². The Morgan fingerprint density at radius 3 is 2.12 bits per heavy atom. The van der Waals surface area contributed by atoms with Gasteiger partial charge in [0.15, 0.2) is 0 Å². The molecule has 0 radical (unpaired) electrons. The lowest BCUT2D eigenvalue weighted by molar-refractivity contribution is 0.414. The first-order valence-electron chi connectivity index (χ1n) is 5.90. The van der Waals surface area contributed by atoms with Crippen molar-refractivity contribution in [3.05, 3.63) is 24.3 Å². The van der Waals surface area contributed by atoms with Crippen molar-refractivity contribution in [3.63, 3.8) is 0 Å². The molecule has 0 aliphatic heterocycles. The molecule has 0 aromatic heterocycles. The second-order valence-electron chi connectivity index (χ2n) is 4.64. The minimum absolute atomic E-state index is 0.875. The first kappa shape index (κ1) is 13.1. The van der Waals surface area contributed by atoms with Crippen LogP contribution in [0.3, 0.4) is 0 Å². The molecule has 0 unspecified atom stereocenters. The number of methoxy groups -OCH3 is 1. The zero-order valence-corrected chi connectivity index (χ0v) is 11.7. The topological polar surface area (TPSA) is 18.5 Å². The van der Waals surface area contributed by atoms with Gasteiger partial charge in [-0.1, -0.05) is 19.8 Å². The minimum Gasteiger partial charge on any atom is -0.544 e. The first-order valence-corrected chi connectivity index (χ1v) is 9.02. The normalized spacial score (nSPS) is 11.2. The largest absolute Gasteiger partial charge is 0.544 e. The third kappa shape index (κ3) is 4.27. The average Bonchev–Trinajstić information content (AvgIpc) is 2.27. The van der Waals surface area contributed by atoms with Crippen LogP contribution in [-0.2, 0) is 0 Å². The summed E-state index contributed by atoms with van der Waals surface area (Å²) in [4.78, 5) is 0. The van der Waals surface area contributed by atoms with Crippen LogP contribution in [0.4, 0.5) is 0 Å². The van der Waals surface area contributed by atoms with Gasteiger partial charge in [0.2, 0.25) is 8.32 Å². The Kier molecular flexibility index (Phi) is 4.87. The van der Waals surface area contributed by atoms with Gasteiger partial charge in [0.05, 0.1) is 7.11 Å². The molecule has 0 atom stereocenters. The summed E-state index contributed by atoms with van der Waals surface area (Å²) in [6, 6.07) is 9.08. The average molecular weight is 238 g/mol. The van der Waals surface area contributed by atoms with Gasteiger partial charge in [0.25, 0.3) is 0 Å². The van der Waals surface area contributed by atoms with E-state index in [1.165, 1.54) is 18.9 Å². The van der Waals surface area contributed by atoms with Gasteiger partial charge < -0.3 is 9.16 Å². The fraction of sp³-hybridized carbons (Fsp3) is 0.538. The zero-order valence-electron chi connectivity index (χ0n) is 10.7. The van der Waals surface area contributed by atoms with Crippen LogP contribution in [0.15, 0.2) is 24.3 Å². The summed E-state index contributed by atoms with van der Waals surface area (Å²) in [5, 5.41) is 0. The first-order chi connectivity index (χ1) is 7.57. The van der Waals surface area contributed by atoms with E-state index >= 15 is 0 Å². The number of hydrogen-bond acceptors (Lipinski definition) is 2. The predicted octanol–water partition coefficient (Wildman–Crippen LogP) is 4.08. The Hall–Kier alpha value is -0.963. The van der Waals surface area contributed by atoms with E-state index in [1.807, 2.05) is 24.3 Å². The number of rotatable bonds is 6. The van der Waals surface area contributed by atoms with Gasteiger partial charge in [-0.2, -0.15) is 0 Å². The summed E-state index contributed by atoms with van der Waals surface area (Å²) in [7, 11) is 0.143. The van der Waals surface area contributed by atoms with Crippen molar-refractivity contribution in [1.82, 2.24) is 0 Å². The molecule has 0 N–H and O–H groups in total. The quantitative estimate of drug-likeness (QED) is 0.695. The summed E-state index contributed by atoms with van der Waals surface area (Å²) in [5.41, 5.74) is 0. The zero-order chi connectivity index (χ0) is 12.0. The van der Waals surface area contributed by atoms with Gasteiger partial charge in [0.1, 0.15) is 11.5 Å². The molecule has 0 amide bonds. The molecule has 3 heteroatoms. The van der Waals surface area contributed by atoms with Gasteiger partial charge in [-0.05, 0) is 43.4 Å². The Bertz CT molecular complexity index is 306. The van der Waals surface area contributed by atoms with Crippen LogP contribution < -0.4 is 9.16 Å². The highest BCUT2D eigenvalue weighted by molar-refractivity contribution is 6.71. The van der Waals surface area contributed by atoms with Crippen molar-refractivity contribution < 1.29 is 9.16 Å². The molecule has 0 aliphatic carbocycles. The Morgan fingerprint density at radius 2 is 1.62 bits per heavy atom. The van der Waals surface area contributed by atoms with E-state index in [1.54, 1.807) is 7.11 Å². The maximum absolute atomic E-state index is 6.09. The maximum Gasteiger partial charge on any atom is 0.245 e. The molecule has 0 saturated heterocycles. The van der Waals surface area contributed by atoms with E-state index in [9.17, 15) is 0 Å².